The molecule has 1 saturated heterocycles. The Balaban J connectivity index is 0.000000279. The Morgan fingerprint density at radius 1 is 0.714 bits per heavy atom. The van der Waals surface area contributed by atoms with Gasteiger partial charge >= 0.3 is 0 Å². The zero-order chi connectivity index (χ0) is 25.0. The first-order chi connectivity index (χ1) is 17.2. The number of para-hydroxylation sites is 2. The molecule has 5 nitrogen and oxygen atoms in total. The lowest BCUT2D eigenvalue weighted by molar-refractivity contribution is 0.122. The number of hydrogen-bond acceptors (Lipinski definition) is 5. The second-order valence-corrected chi connectivity index (χ2v) is 9.47. The third-order valence-electron chi connectivity index (χ3n) is 6.44. The molecule has 1 aliphatic rings. The minimum Gasteiger partial charge on any atom is -0.491 e. The number of morpholine rings is 1. The van der Waals surface area contributed by atoms with E-state index >= 15 is 0 Å². The largest absolute Gasteiger partial charge is 0.491 e. The van der Waals surface area contributed by atoms with Crippen molar-refractivity contribution in [3.63, 3.8) is 0 Å². The molecule has 0 unspecified atom stereocenters. The van der Waals surface area contributed by atoms with Crippen molar-refractivity contribution < 1.29 is 9.47 Å². The highest BCUT2D eigenvalue weighted by molar-refractivity contribution is 5.53. The van der Waals surface area contributed by atoms with Crippen molar-refractivity contribution in [3.05, 3.63) is 48.5 Å². The summed E-state index contributed by atoms with van der Waals surface area (Å²) >= 11 is 0. The molecule has 0 radical (unpaired) electrons. The fourth-order valence-corrected chi connectivity index (χ4v) is 4.24. The quantitative estimate of drug-likeness (QED) is 0.203. The van der Waals surface area contributed by atoms with Gasteiger partial charge in [-0.3, -0.25) is 0 Å². The van der Waals surface area contributed by atoms with Crippen LogP contribution in [0.4, 0.5) is 17.1 Å². The van der Waals surface area contributed by atoms with Gasteiger partial charge in [-0.25, -0.2) is 0 Å². The topological polar surface area (TPSA) is 73.7 Å². The Labute approximate surface area is 214 Å². The molecular formula is C30H49N3O2. The number of rotatable bonds is 15. The summed E-state index contributed by atoms with van der Waals surface area (Å²) in [5, 5.41) is 0. The Kier molecular flexibility index (Phi) is 15.5. The number of anilines is 3. The van der Waals surface area contributed by atoms with Crippen molar-refractivity contribution >= 4 is 17.1 Å². The highest BCUT2D eigenvalue weighted by Crippen LogP contribution is 2.20. The number of nitrogens with two attached hydrogens (primary N) is 2. The lowest BCUT2D eigenvalue weighted by atomic mass is 10.1. The minimum absolute atomic E-state index is 0.737. The van der Waals surface area contributed by atoms with Crippen LogP contribution in [0.1, 0.15) is 84.0 Å². The summed E-state index contributed by atoms with van der Waals surface area (Å²) in [5.74, 6) is 0.825. The van der Waals surface area contributed by atoms with E-state index in [2.05, 4.69) is 24.0 Å². The first-order valence-electron chi connectivity index (χ1n) is 13.9. The van der Waals surface area contributed by atoms with Crippen LogP contribution in [-0.4, -0.2) is 32.9 Å². The number of nitrogens with zero attached hydrogens (tertiary/aromatic N) is 1. The van der Waals surface area contributed by atoms with E-state index in [9.17, 15) is 0 Å². The maximum absolute atomic E-state index is 5.84. The first-order valence-corrected chi connectivity index (χ1v) is 13.9. The molecule has 1 heterocycles. The van der Waals surface area contributed by atoms with Gasteiger partial charge in [0, 0.05) is 24.5 Å². The third-order valence-corrected chi connectivity index (χ3v) is 6.44. The van der Waals surface area contributed by atoms with E-state index < -0.39 is 0 Å². The van der Waals surface area contributed by atoms with Crippen LogP contribution in [0.5, 0.6) is 5.75 Å². The predicted octanol–water partition coefficient (Wildman–Crippen LogP) is 7.45. The van der Waals surface area contributed by atoms with Gasteiger partial charge in [-0.05, 0) is 42.8 Å². The standard InChI is InChI=1S/C20H35NO.C10H14N2O/c1-2-3-4-5-6-7-8-9-10-11-12-15-18-22-20-17-14-13-16-19(20)21;11-9-1-3-10(4-2-9)12-5-7-13-8-6-12/h13-14,16-17H,2-12,15,18,21H2,1H3;1-4H,5-8,11H2. The summed E-state index contributed by atoms with van der Waals surface area (Å²) in [7, 11) is 0. The summed E-state index contributed by atoms with van der Waals surface area (Å²) < 4.78 is 11.0. The number of hydrogen-bond donors (Lipinski definition) is 2. The van der Waals surface area contributed by atoms with E-state index in [0.717, 1.165) is 56.5 Å². The van der Waals surface area contributed by atoms with Crippen molar-refractivity contribution in [2.75, 3.05) is 49.3 Å². The molecule has 0 saturated carbocycles. The lowest BCUT2D eigenvalue weighted by Gasteiger charge is -2.28. The monoisotopic (exact) mass is 483 g/mol. The molecule has 4 N–H and O–H groups in total. The van der Waals surface area contributed by atoms with Gasteiger partial charge < -0.3 is 25.8 Å². The zero-order valence-electron chi connectivity index (χ0n) is 22.1. The predicted molar refractivity (Wildman–Crippen MR) is 151 cm³/mol. The average molecular weight is 484 g/mol. The van der Waals surface area contributed by atoms with Crippen LogP contribution in [0.15, 0.2) is 48.5 Å². The van der Waals surface area contributed by atoms with Crippen molar-refractivity contribution in [3.8, 4) is 5.75 Å². The maximum atomic E-state index is 5.84. The Hall–Kier alpha value is -2.40. The molecule has 0 spiro atoms. The maximum Gasteiger partial charge on any atom is 0.142 e. The molecule has 0 aliphatic carbocycles. The molecule has 35 heavy (non-hydrogen) atoms. The van der Waals surface area contributed by atoms with Crippen LogP contribution in [0.25, 0.3) is 0 Å². The van der Waals surface area contributed by atoms with Crippen LogP contribution < -0.4 is 21.1 Å². The van der Waals surface area contributed by atoms with Crippen LogP contribution in [0.3, 0.4) is 0 Å². The highest BCUT2D eigenvalue weighted by Gasteiger charge is 2.10. The van der Waals surface area contributed by atoms with Crippen molar-refractivity contribution in [1.29, 1.82) is 0 Å². The average Bonchev–Trinajstić information content (AvgIpc) is 2.89. The van der Waals surface area contributed by atoms with Gasteiger partial charge in [0.2, 0.25) is 0 Å². The van der Waals surface area contributed by atoms with Gasteiger partial charge in [0.15, 0.2) is 0 Å². The summed E-state index contributed by atoms with van der Waals surface area (Å²) in [6.07, 6.45) is 16.4. The molecular weight excluding hydrogens is 434 g/mol. The highest BCUT2D eigenvalue weighted by atomic mass is 16.5. The van der Waals surface area contributed by atoms with Crippen molar-refractivity contribution in [1.82, 2.24) is 0 Å². The summed E-state index contributed by atoms with van der Waals surface area (Å²) in [6.45, 7) is 6.66. The molecule has 1 aliphatic heterocycles. The Morgan fingerprint density at radius 2 is 1.26 bits per heavy atom. The summed E-state index contributed by atoms with van der Waals surface area (Å²) in [4.78, 5) is 2.31. The van der Waals surface area contributed by atoms with Gasteiger partial charge in [-0.15, -0.1) is 0 Å². The second-order valence-electron chi connectivity index (χ2n) is 9.47. The molecule has 0 amide bonds. The van der Waals surface area contributed by atoms with Crippen LogP contribution >= 0.6 is 0 Å². The third kappa shape index (κ3) is 13.3. The zero-order valence-corrected chi connectivity index (χ0v) is 22.1. The van der Waals surface area contributed by atoms with Gasteiger partial charge in [0.1, 0.15) is 5.75 Å². The Bertz CT molecular complexity index is 760. The minimum atomic E-state index is 0.737. The molecule has 196 valence electrons. The van der Waals surface area contributed by atoms with Crippen LogP contribution in [-0.2, 0) is 4.74 Å². The van der Waals surface area contributed by atoms with Gasteiger partial charge in [0.05, 0.1) is 25.5 Å². The van der Waals surface area contributed by atoms with Crippen molar-refractivity contribution in [2.24, 2.45) is 0 Å². The number of nitrogen functional groups attached to an aromatic ring is 2. The van der Waals surface area contributed by atoms with Crippen LogP contribution in [0, 0.1) is 0 Å². The fourth-order valence-electron chi connectivity index (χ4n) is 4.24. The van der Waals surface area contributed by atoms with E-state index in [1.165, 1.54) is 76.3 Å². The first kappa shape index (κ1) is 28.8. The van der Waals surface area contributed by atoms with E-state index in [4.69, 9.17) is 20.9 Å². The fraction of sp³-hybridized carbons (Fsp3) is 0.600. The molecule has 0 bridgehead atoms. The number of ether oxygens (including phenoxy) is 2. The lowest BCUT2D eigenvalue weighted by Crippen LogP contribution is -2.36. The summed E-state index contributed by atoms with van der Waals surface area (Å²) in [5.41, 5.74) is 14.2. The summed E-state index contributed by atoms with van der Waals surface area (Å²) in [6, 6.07) is 15.7. The second kappa shape index (κ2) is 18.9. The molecule has 2 aromatic rings. The smallest absolute Gasteiger partial charge is 0.142 e. The van der Waals surface area contributed by atoms with Crippen molar-refractivity contribution in [2.45, 2.75) is 84.0 Å². The van der Waals surface area contributed by atoms with E-state index in [0.29, 0.717) is 0 Å². The molecule has 0 atom stereocenters. The SMILES string of the molecule is CCCCCCCCCCCCCCOc1ccccc1N.Nc1ccc(N2CCOCC2)cc1. The normalized spacial score (nSPS) is 13.2. The Morgan fingerprint density at radius 3 is 1.83 bits per heavy atom. The van der Waals surface area contributed by atoms with Crippen LogP contribution in [0.2, 0.25) is 0 Å². The van der Waals surface area contributed by atoms with E-state index in [1.54, 1.807) is 0 Å². The molecule has 0 aromatic heterocycles. The molecule has 3 rings (SSSR count). The van der Waals surface area contributed by atoms with Gasteiger partial charge in [-0.1, -0.05) is 89.7 Å². The van der Waals surface area contributed by atoms with Gasteiger partial charge in [-0.2, -0.15) is 0 Å². The molecule has 1 fully saturated rings. The molecule has 5 heteroatoms. The van der Waals surface area contributed by atoms with Gasteiger partial charge in [0.25, 0.3) is 0 Å². The van der Waals surface area contributed by atoms with E-state index in [-0.39, 0.29) is 0 Å². The number of benzene rings is 2. The number of unbranched alkanes of at least 4 members (excludes halogenated alkanes) is 11. The van der Waals surface area contributed by atoms with E-state index in [1.807, 2.05) is 36.4 Å². The molecule has 2 aromatic carbocycles.